The lowest BCUT2D eigenvalue weighted by Gasteiger charge is -2.19. The van der Waals surface area contributed by atoms with Gasteiger partial charge in [-0.3, -0.25) is 4.79 Å². The van der Waals surface area contributed by atoms with E-state index < -0.39 is 0 Å². The maximum absolute atomic E-state index is 12.8. The molecule has 1 N–H and O–H groups in total. The summed E-state index contributed by atoms with van der Waals surface area (Å²) in [5.41, 5.74) is 2.81. The van der Waals surface area contributed by atoms with E-state index in [0.717, 1.165) is 16.7 Å². The zero-order valence-corrected chi connectivity index (χ0v) is 16.5. The van der Waals surface area contributed by atoms with E-state index >= 15 is 0 Å². The van der Waals surface area contributed by atoms with Gasteiger partial charge in [-0.1, -0.05) is 0 Å². The van der Waals surface area contributed by atoms with Crippen LogP contribution in [0.1, 0.15) is 44.1 Å². The van der Waals surface area contributed by atoms with Crippen molar-refractivity contribution in [2.45, 2.75) is 39.8 Å². The van der Waals surface area contributed by atoms with Gasteiger partial charge in [0.25, 0.3) is 5.91 Å². The van der Waals surface area contributed by atoms with Gasteiger partial charge in [0.05, 0.1) is 22.8 Å². The third kappa shape index (κ3) is 3.28. The van der Waals surface area contributed by atoms with Crippen LogP contribution in [-0.4, -0.2) is 39.9 Å². The Morgan fingerprint density at radius 3 is 2.57 bits per heavy atom. The maximum Gasteiger partial charge on any atom is 0.252 e. The van der Waals surface area contributed by atoms with E-state index in [4.69, 9.17) is 14.5 Å². The number of carbonyl (C=O) groups is 1. The molecule has 3 aromatic rings. The van der Waals surface area contributed by atoms with Gasteiger partial charge in [0, 0.05) is 17.6 Å². The lowest BCUT2D eigenvalue weighted by Crippen LogP contribution is -2.30. The first-order chi connectivity index (χ1) is 13.4. The van der Waals surface area contributed by atoms with E-state index in [1.807, 2.05) is 56.6 Å². The fourth-order valence-electron chi connectivity index (χ4n) is 3.27. The molecule has 0 bridgehead atoms. The second-order valence-corrected chi connectivity index (χ2v) is 7.46. The molecule has 7 heteroatoms. The van der Waals surface area contributed by atoms with Gasteiger partial charge in [-0.05, 0) is 52.0 Å². The van der Waals surface area contributed by atoms with Crippen molar-refractivity contribution in [2.24, 2.45) is 0 Å². The minimum atomic E-state index is -0.135. The van der Waals surface area contributed by atoms with Crippen LogP contribution in [0.5, 0.6) is 11.5 Å². The number of nitrogens with one attached hydrogen (secondary N) is 1. The first-order valence-corrected chi connectivity index (χ1v) is 9.53. The molecule has 0 atom stereocenters. The fourth-order valence-corrected chi connectivity index (χ4v) is 3.27. The standard InChI is InChI=1S/C21H24N4O3/c1-12(2)23-21(26)15-10-17(24-20-16(15)11-22-25(20)13(3)4)14-5-6-18-19(9-14)28-8-7-27-18/h5-6,9-13H,7-8H2,1-4H3,(H,23,26). The first-order valence-electron chi connectivity index (χ1n) is 9.53. The number of rotatable bonds is 4. The Hall–Kier alpha value is -3.09. The topological polar surface area (TPSA) is 78.3 Å². The van der Waals surface area contributed by atoms with E-state index in [0.29, 0.717) is 35.9 Å². The molecule has 0 saturated heterocycles. The average Bonchev–Trinajstić information content (AvgIpc) is 3.10. The van der Waals surface area contributed by atoms with Gasteiger partial charge in [-0.2, -0.15) is 5.10 Å². The number of hydrogen-bond acceptors (Lipinski definition) is 5. The first kappa shape index (κ1) is 18.3. The van der Waals surface area contributed by atoms with Gasteiger partial charge in [-0.15, -0.1) is 0 Å². The fraction of sp³-hybridized carbons (Fsp3) is 0.381. The van der Waals surface area contributed by atoms with Gasteiger partial charge in [0.15, 0.2) is 17.1 Å². The molecule has 7 nitrogen and oxygen atoms in total. The molecule has 0 radical (unpaired) electrons. The third-order valence-corrected chi connectivity index (χ3v) is 4.56. The van der Waals surface area contributed by atoms with Gasteiger partial charge in [-0.25, -0.2) is 9.67 Å². The highest BCUT2D eigenvalue weighted by Gasteiger charge is 2.20. The van der Waals surface area contributed by atoms with Crippen LogP contribution in [0.25, 0.3) is 22.3 Å². The van der Waals surface area contributed by atoms with E-state index in [2.05, 4.69) is 10.4 Å². The molecule has 1 aliphatic rings. The quantitative estimate of drug-likeness (QED) is 0.748. The van der Waals surface area contributed by atoms with Crippen molar-refractivity contribution in [1.29, 1.82) is 0 Å². The van der Waals surface area contributed by atoms with E-state index in [1.165, 1.54) is 0 Å². The van der Waals surface area contributed by atoms with E-state index in [9.17, 15) is 4.79 Å². The predicted octanol–water partition coefficient (Wildman–Crippen LogP) is 3.59. The molecule has 0 saturated carbocycles. The predicted molar refractivity (Wildman–Crippen MR) is 107 cm³/mol. The monoisotopic (exact) mass is 380 g/mol. The number of nitrogens with zero attached hydrogens (tertiary/aromatic N) is 3. The Morgan fingerprint density at radius 1 is 1.11 bits per heavy atom. The molecule has 0 aliphatic carbocycles. The summed E-state index contributed by atoms with van der Waals surface area (Å²) >= 11 is 0. The van der Waals surface area contributed by atoms with Crippen LogP contribution in [0.3, 0.4) is 0 Å². The summed E-state index contributed by atoms with van der Waals surface area (Å²) in [4.78, 5) is 17.7. The number of ether oxygens (including phenoxy) is 2. The number of benzene rings is 1. The number of carbonyl (C=O) groups excluding carboxylic acids is 1. The molecule has 1 aromatic carbocycles. The Morgan fingerprint density at radius 2 is 1.86 bits per heavy atom. The number of amides is 1. The largest absolute Gasteiger partial charge is 0.486 e. The molecule has 4 rings (SSSR count). The molecule has 28 heavy (non-hydrogen) atoms. The van der Waals surface area contributed by atoms with Crippen LogP contribution in [0.2, 0.25) is 0 Å². The summed E-state index contributed by atoms with van der Waals surface area (Å²) in [6.07, 6.45) is 1.71. The highest BCUT2D eigenvalue weighted by Crippen LogP contribution is 2.35. The van der Waals surface area contributed by atoms with Crippen LogP contribution in [0, 0.1) is 0 Å². The molecule has 2 aromatic heterocycles. The Bertz CT molecular complexity index is 1040. The highest BCUT2D eigenvalue weighted by molar-refractivity contribution is 6.06. The van der Waals surface area contributed by atoms with Crippen LogP contribution < -0.4 is 14.8 Å². The Kier molecular flexibility index (Phi) is 4.66. The molecule has 0 spiro atoms. The van der Waals surface area contributed by atoms with Gasteiger partial charge in [0.1, 0.15) is 13.2 Å². The Labute approximate surface area is 163 Å². The lowest BCUT2D eigenvalue weighted by molar-refractivity contribution is 0.0944. The SMILES string of the molecule is CC(C)NC(=O)c1cc(-c2ccc3c(c2)OCCO3)nc2c1cnn2C(C)C. The van der Waals surface area contributed by atoms with Crippen molar-refractivity contribution in [3.8, 4) is 22.8 Å². The molecular formula is C21H24N4O3. The number of pyridine rings is 1. The Balaban J connectivity index is 1.88. The van der Waals surface area contributed by atoms with Crippen LogP contribution in [-0.2, 0) is 0 Å². The molecule has 146 valence electrons. The molecule has 1 aliphatic heterocycles. The summed E-state index contributed by atoms with van der Waals surface area (Å²) < 4.78 is 13.1. The molecule has 3 heterocycles. The average molecular weight is 380 g/mol. The highest BCUT2D eigenvalue weighted by atomic mass is 16.6. The van der Waals surface area contributed by atoms with Gasteiger partial charge < -0.3 is 14.8 Å². The van der Waals surface area contributed by atoms with Crippen LogP contribution >= 0.6 is 0 Å². The smallest absolute Gasteiger partial charge is 0.252 e. The summed E-state index contributed by atoms with van der Waals surface area (Å²) in [7, 11) is 0. The number of hydrogen-bond donors (Lipinski definition) is 1. The van der Waals surface area contributed by atoms with Crippen LogP contribution in [0.4, 0.5) is 0 Å². The third-order valence-electron chi connectivity index (χ3n) is 4.56. The number of aromatic nitrogens is 3. The zero-order chi connectivity index (χ0) is 19.8. The van der Waals surface area contributed by atoms with Crippen molar-refractivity contribution in [3.63, 3.8) is 0 Å². The van der Waals surface area contributed by atoms with Crippen molar-refractivity contribution >= 4 is 16.9 Å². The van der Waals surface area contributed by atoms with Gasteiger partial charge in [0.2, 0.25) is 0 Å². The van der Waals surface area contributed by atoms with E-state index in [-0.39, 0.29) is 18.0 Å². The normalized spacial score (nSPS) is 13.4. The minimum absolute atomic E-state index is 0.0357. The summed E-state index contributed by atoms with van der Waals surface area (Å²) in [6.45, 7) is 9.03. The molecule has 0 fully saturated rings. The van der Waals surface area contributed by atoms with Crippen molar-refractivity contribution in [2.75, 3.05) is 13.2 Å². The van der Waals surface area contributed by atoms with Crippen molar-refractivity contribution < 1.29 is 14.3 Å². The van der Waals surface area contributed by atoms with Gasteiger partial charge >= 0.3 is 0 Å². The summed E-state index contributed by atoms with van der Waals surface area (Å²) in [6, 6.07) is 7.70. The van der Waals surface area contributed by atoms with Crippen LogP contribution in [0.15, 0.2) is 30.5 Å². The lowest BCUT2D eigenvalue weighted by atomic mass is 10.1. The maximum atomic E-state index is 12.8. The molecule has 0 unspecified atom stereocenters. The van der Waals surface area contributed by atoms with Crippen molar-refractivity contribution in [1.82, 2.24) is 20.1 Å². The second kappa shape index (κ2) is 7.14. The molecule has 1 amide bonds. The molecular weight excluding hydrogens is 356 g/mol. The second-order valence-electron chi connectivity index (χ2n) is 7.46. The summed E-state index contributed by atoms with van der Waals surface area (Å²) in [5, 5.41) is 8.17. The number of fused-ring (bicyclic) bond motifs is 2. The zero-order valence-electron chi connectivity index (χ0n) is 16.5. The minimum Gasteiger partial charge on any atom is -0.486 e. The van der Waals surface area contributed by atoms with Crippen molar-refractivity contribution in [3.05, 3.63) is 36.0 Å². The summed E-state index contributed by atoms with van der Waals surface area (Å²) in [5.74, 6) is 1.28. The van der Waals surface area contributed by atoms with E-state index in [1.54, 1.807) is 6.20 Å².